The van der Waals surface area contributed by atoms with Gasteiger partial charge in [0.1, 0.15) is 0 Å². The third kappa shape index (κ3) is 5.95. The molecule has 0 bridgehead atoms. The fraction of sp³-hybridized carbons (Fsp3) is 0.286. The van der Waals surface area contributed by atoms with Crippen molar-refractivity contribution in [1.82, 2.24) is 5.32 Å². The van der Waals surface area contributed by atoms with Crippen LogP contribution in [0.4, 0.5) is 5.69 Å². The van der Waals surface area contributed by atoms with E-state index in [9.17, 15) is 14.4 Å². The van der Waals surface area contributed by atoms with Crippen molar-refractivity contribution in [3.63, 3.8) is 0 Å². The van der Waals surface area contributed by atoms with Crippen LogP contribution in [-0.2, 0) is 14.3 Å². The van der Waals surface area contributed by atoms with E-state index in [1.165, 1.54) is 0 Å². The summed E-state index contributed by atoms with van der Waals surface area (Å²) >= 11 is 0. The fourth-order valence-corrected chi connectivity index (χ4v) is 2.66. The zero-order chi connectivity index (χ0) is 19.6. The maximum Gasteiger partial charge on any atom is 0.313 e. The SMILES string of the molecule is CCNC(=O)c1cccc(NC(=O)COC(=O)[C@H](CC)c2ccccc2)c1. The molecule has 27 heavy (non-hydrogen) atoms. The molecule has 0 aliphatic rings. The summed E-state index contributed by atoms with van der Waals surface area (Å²) in [5.74, 6) is -1.51. The Bertz CT molecular complexity index is 790. The highest BCUT2D eigenvalue weighted by Gasteiger charge is 2.21. The van der Waals surface area contributed by atoms with Gasteiger partial charge in [-0.3, -0.25) is 14.4 Å². The van der Waals surface area contributed by atoms with Crippen LogP contribution in [0.15, 0.2) is 54.6 Å². The Morgan fingerprint density at radius 3 is 2.41 bits per heavy atom. The lowest BCUT2D eigenvalue weighted by molar-refractivity contribution is -0.149. The molecule has 1 atom stereocenters. The average molecular weight is 368 g/mol. The number of carbonyl (C=O) groups is 3. The van der Waals surface area contributed by atoms with Gasteiger partial charge < -0.3 is 15.4 Å². The van der Waals surface area contributed by atoms with Gasteiger partial charge >= 0.3 is 5.97 Å². The molecule has 0 fully saturated rings. The van der Waals surface area contributed by atoms with Crippen LogP contribution >= 0.6 is 0 Å². The van der Waals surface area contributed by atoms with E-state index in [1.807, 2.05) is 44.2 Å². The molecule has 0 aliphatic heterocycles. The summed E-state index contributed by atoms with van der Waals surface area (Å²) in [7, 11) is 0. The summed E-state index contributed by atoms with van der Waals surface area (Å²) in [6.07, 6.45) is 0.582. The van der Waals surface area contributed by atoms with E-state index in [0.29, 0.717) is 24.2 Å². The number of carbonyl (C=O) groups excluding carboxylic acids is 3. The summed E-state index contributed by atoms with van der Waals surface area (Å²) < 4.78 is 5.17. The predicted octanol–water partition coefficient (Wildman–Crippen LogP) is 3.11. The van der Waals surface area contributed by atoms with E-state index < -0.39 is 17.8 Å². The zero-order valence-corrected chi connectivity index (χ0v) is 15.5. The van der Waals surface area contributed by atoms with Crippen LogP contribution in [-0.4, -0.2) is 30.9 Å². The summed E-state index contributed by atoms with van der Waals surface area (Å²) in [5, 5.41) is 5.33. The monoisotopic (exact) mass is 368 g/mol. The normalized spacial score (nSPS) is 11.3. The second kappa shape index (κ2) is 10.1. The van der Waals surface area contributed by atoms with Crippen LogP contribution < -0.4 is 10.6 Å². The van der Waals surface area contributed by atoms with E-state index in [4.69, 9.17) is 4.74 Å². The Labute approximate surface area is 158 Å². The molecule has 0 aliphatic carbocycles. The van der Waals surface area contributed by atoms with Crippen LogP contribution in [0.3, 0.4) is 0 Å². The Hall–Kier alpha value is -3.15. The Balaban J connectivity index is 1.91. The van der Waals surface area contributed by atoms with Crippen molar-refractivity contribution in [1.29, 1.82) is 0 Å². The highest BCUT2D eigenvalue weighted by molar-refractivity contribution is 5.97. The number of benzene rings is 2. The van der Waals surface area contributed by atoms with Gasteiger partial charge in [-0.2, -0.15) is 0 Å². The summed E-state index contributed by atoms with van der Waals surface area (Å²) in [6, 6.07) is 15.9. The number of anilines is 1. The zero-order valence-electron chi connectivity index (χ0n) is 15.5. The molecule has 2 rings (SSSR count). The van der Waals surface area contributed by atoms with Gasteiger partial charge in [0.2, 0.25) is 0 Å². The lowest BCUT2D eigenvalue weighted by Gasteiger charge is -2.14. The average Bonchev–Trinajstić information content (AvgIpc) is 2.68. The molecule has 0 unspecified atom stereocenters. The molecular weight excluding hydrogens is 344 g/mol. The Morgan fingerprint density at radius 1 is 1.00 bits per heavy atom. The lowest BCUT2D eigenvalue weighted by Crippen LogP contribution is -2.25. The van der Waals surface area contributed by atoms with Crippen LogP contribution in [0.5, 0.6) is 0 Å². The van der Waals surface area contributed by atoms with Crippen molar-refractivity contribution < 1.29 is 19.1 Å². The fourth-order valence-electron chi connectivity index (χ4n) is 2.66. The van der Waals surface area contributed by atoms with Crippen molar-refractivity contribution in [2.24, 2.45) is 0 Å². The van der Waals surface area contributed by atoms with Crippen molar-refractivity contribution >= 4 is 23.5 Å². The van der Waals surface area contributed by atoms with E-state index in [0.717, 1.165) is 5.56 Å². The van der Waals surface area contributed by atoms with E-state index in [-0.39, 0.29) is 12.5 Å². The van der Waals surface area contributed by atoms with Gasteiger partial charge in [0.05, 0.1) is 5.92 Å². The van der Waals surface area contributed by atoms with Gasteiger partial charge in [0, 0.05) is 17.8 Å². The van der Waals surface area contributed by atoms with Crippen molar-refractivity contribution in [3.8, 4) is 0 Å². The van der Waals surface area contributed by atoms with Gasteiger partial charge in [-0.1, -0.05) is 43.3 Å². The Morgan fingerprint density at radius 2 is 1.74 bits per heavy atom. The molecule has 0 aromatic heterocycles. The van der Waals surface area contributed by atoms with Crippen LogP contribution in [0.2, 0.25) is 0 Å². The number of rotatable bonds is 8. The molecule has 2 aromatic rings. The first-order valence-electron chi connectivity index (χ1n) is 8.94. The van der Waals surface area contributed by atoms with Crippen molar-refractivity contribution in [2.75, 3.05) is 18.5 Å². The molecule has 0 spiro atoms. The Kier molecular flexibility index (Phi) is 7.55. The maximum atomic E-state index is 12.3. The summed E-state index contributed by atoms with van der Waals surface area (Å²) in [6.45, 7) is 3.86. The summed E-state index contributed by atoms with van der Waals surface area (Å²) in [5.41, 5.74) is 1.77. The number of hydrogen-bond acceptors (Lipinski definition) is 4. The highest BCUT2D eigenvalue weighted by atomic mass is 16.5. The molecule has 2 N–H and O–H groups in total. The summed E-state index contributed by atoms with van der Waals surface area (Å²) in [4.78, 5) is 36.2. The van der Waals surface area contributed by atoms with Crippen LogP contribution in [0.1, 0.15) is 42.1 Å². The highest BCUT2D eigenvalue weighted by Crippen LogP contribution is 2.20. The molecule has 2 amide bonds. The minimum Gasteiger partial charge on any atom is -0.455 e. The van der Waals surface area contributed by atoms with Gasteiger partial charge in [0.25, 0.3) is 11.8 Å². The third-order valence-electron chi connectivity index (χ3n) is 3.99. The minimum atomic E-state index is -0.459. The quantitative estimate of drug-likeness (QED) is 0.701. The topological polar surface area (TPSA) is 84.5 Å². The van der Waals surface area contributed by atoms with E-state index in [1.54, 1.807) is 24.3 Å². The first-order chi connectivity index (χ1) is 13.0. The first-order valence-corrected chi connectivity index (χ1v) is 8.94. The molecule has 0 saturated carbocycles. The number of nitrogens with one attached hydrogen (secondary N) is 2. The second-order valence-corrected chi connectivity index (χ2v) is 5.97. The molecule has 6 nitrogen and oxygen atoms in total. The predicted molar refractivity (Wildman–Crippen MR) is 104 cm³/mol. The standard InChI is InChI=1S/C21H24N2O4/c1-3-18(15-9-6-5-7-10-15)21(26)27-14-19(24)23-17-12-8-11-16(13-17)20(25)22-4-2/h5-13,18H,3-4,14H2,1-2H3,(H,22,25)(H,23,24)/t18-/m1/s1. The van der Waals surface area contributed by atoms with Gasteiger partial charge in [0.15, 0.2) is 6.61 Å². The molecule has 0 heterocycles. The third-order valence-corrected chi connectivity index (χ3v) is 3.99. The number of amides is 2. The van der Waals surface area contributed by atoms with Gasteiger partial charge in [-0.25, -0.2) is 0 Å². The molecule has 2 aromatic carbocycles. The maximum absolute atomic E-state index is 12.3. The first kappa shape index (κ1) is 20.2. The molecule has 0 saturated heterocycles. The minimum absolute atomic E-state index is 0.214. The molecule has 6 heteroatoms. The molecule has 142 valence electrons. The lowest BCUT2D eigenvalue weighted by atomic mass is 9.97. The molecule has 0 radical (unpaired) electrons. The largest absolute Gasteiger partial charge is 0.455 e. The van der Waals surface area contributed by atoms with Crippen molar-refractivity contribution in [2.45, 2.75) is 26.2 Å². The number of ether oxygens (including phenoxy) is 1. The van der Waals surface area contributed by atoms with E-state index >= 15 is 0 Å². The second-order valence-electron chi connectivity index (χ2n) is 5.97. The smallest absolute Gasteiger partial charge is 0.313 e. The van der Waals surface area contributed by atoms with Gasteiger partial charge in [-0.15, -0.1) is 0 Å². The van der Waals surface area contributed by atoms with Gasteiger partial charge in [-0.05, 0) is 37.1 Å². The van der Waals surface area contributed by atoms with Crippen LogP contribution in [0.25, 0.3) is 0 Å². The molecular formula is C21H24N2O4. The van der Waals surface area contributed by atoms with E-state index in [2.05, 4.69) is 10.6 Å². The number of esters is 1. The van der Waals surface area contributed by atoms with Crippen molar-refractivity contribution in [3.05, 3.63) is 65.7 Å². The number of hydrogen-bond donors (Lipinski definition) is 2. The van der Waals surface area contributed by atoms with Crippen LogP contribution in [0, 0.1) is 0 Å².